The van der Waals surface area contributed by atoms with Crippen LogP contribution in [0.15, 0.2) is 54.3 Å². The van der Waals surface area contributed by atoms with Gasteiger partial charge < -0.3 is 10.1 Å². The van der Waals surface area contributed by atoms with Crippen LogP contribution in [0.25, 0.3) is 0 Å². The van der Waals surface area contributed by atoms with Crippen LogP contribution in [-0.4, -0.2) is 39.9 Å². The van der Waals surface area contributed by atoms with E-state index in [0.717, 1.165) is 55.2 Å². The predicted molar refractivity (Wildman–Crippen MR) is 113 cm³/mol. The second kappa shape index (κ2) is 9.15. The summed E-state index contributed by atoms with van der Waals surface area (Å²) in [7, 11) is 0. The SMILES string of the molecule is Cc1ncsc1C(=O)NC1CCN(Cc2ccccc2Oc2cccnc2)CC1. The number of amides is 1. The lowest BCUT2D eigenvalue weighted by Gasteiger charge is -2.32. The van der Waals surface area contributed by atoms with Gasteiger partial charge in [-0.15, -0.1) is 11.3 Å². The van der Waals surface area contributed by atoms with Gasteiger partial charge in [0.25, 0.3) is 5.91 Å². The molecule has 150 valence electrons. The Hall–Kier alpha value is -2.77. The lowest BCUT2D eigenvalue weighted by atomic mass is 10.0. The van der Waals surface area contributed by atoms with Crippen molar-refractivity contribution >= 4 is 17.2 Å². The third-order valence-electron chi connectivity index (χ3n) is 5.10. The van der Waals surface area contributed by atoms with Gasteiger partial charge in [-0.3, -0.25) is 14.7 Å². The average Bonchev–Trinajstić information content (AvgIpc) is 3.18. The number of piperidine rings is 1. The molecule has 0 aliphatic carbocycles. The number of nitrogens with one attached hydrogen (secondary N) is 1. The van der Waals surface area contributed by atoms with Crippen molar-refractivity contribution in [3.63, 3.8) is 0 Å². The molecule has 1 aliphatic heterocycles. The van der Waals surface area contributed by atoms with Gasteiger partial charge in [-0.05, 0) is 38.0 Å². The molecule has 1 aliphatic rings. The van der Waals surface area contributed by atoms with E-state index in [0.29, 0.717) is 4.88 Å². The molecule has 4 rings (SSSR count). The summed E-state index contributed by atoms with van der Waals surface area (Å²) in [6.07, 6.45) is 5.33. The Morgan fingerprint density at radius 1 is 1.24 bits per heavy atom. The topological polar surface area (TPSA) is 67.4 Å². The summed E-state index contributed by atoms with van der Waals surface area (Å²) in [5, 5.41) is 3.16. The minimum absolute atomic E-state index is 0.00124. The van der Waals surface area contributed by atoms with E-state index in [-0.39, 0.29) is 11.9 Å². The molecule has 3 heterocycles. The van der Waals surface area contributed by atoms with Gasteiger partial charge >= 0.3 is 0 Å². The van der Waals surface area contributed by atoms with Crippen molar-refractivity contribution in [2.45, 2.75) is 32.4 Å². The first kappa shape index (κ1) is 19.5. The molecule has 2 aromatic heterocycles. The van der Waals surface area contributed by atoms with Crippen molar-refractivity contribution < 1.29 is 9.53 Å². The number of pyridine rings is 1. The second-order valence-electron chi connectivity index (χ2n) is 7.19. The van der Waals surface area contributed by atoms with Crippen molar-refractivity contribution in [3.05, 3.63) is 70.4 Å². The van der Waals surface area contributed by atoms with Gasteiger partial charge in [0.2, 0.25) is 0 Å². The Morgan fingerprint density at radius 2 is 2.07 bits per heavy atom. The number of benzene rings is 1. The number of carbonyl (C=O) groups excluding carboxylic acids is 1. The zero-order valence-corrected chi connectivity index (χ0v) is 17.2. The normalized spacial score (nSPS) is 15.2. The molecule has 29 heavy (non-hydrogen) atoms. The number of hydrogen-bond donors (Lipinski definition) is 1. The van der Waals surface area contributed by atoms with Crippen molar-refractivity contribution in [2.75, 3.05) is 13.1 Å². The largest absolute Gasteiger partial charge is 0.455 e. The molecule has 0 atom stereocenters. The van der Waals surface area contributed by atoms with E-state index in [2.05, 4.69) is 26.3 Å². The van der Waals surface area contributed by atoms with Crippen molar-refractivity contribution in [3.8, 4) is 11.5 Å². The van der Waals surface area contributed by atoms with E-state index in [1.165, 1.54) is 11.3 Å². The molecular formula is C22H24N4O2S. The maximum absolute atomic E-state index is 12.4. The van der Waals surface area contributed by atoms with Crippen molar-refractivity contribution in [2.24, 2.45) is 0 Å². The molecule has 1 amide bonds. The third-order valence-corrected chi connectivity index (χ3v) is 6.03. The number of hydrogen-bond acceptors (Lipinski definition) is 6. The highest BCUT2D eigenvalue weighted by atomic mass is 32.1. The molecule has 3 aromatic rings. The second-order valence-corrected chi connectivity index (χ2v) is 8.04. The standard InChI is InChI=1S/C22H24N4O2S/c1-16-21(29-15-24-16)22(27)25-18-8-11-26(12-9-18)14-17-5-2-3-7-20(17)28-19-6-4-10-23-13-19/h2-7,10,13,15,18H,8-9,11-12,14H2,1H3,(H,25,27). The first-order chi connectivity index (χ1) is 14.2. The van der Waals surface area contributed by atoms with Gasteiger partial charge in [-0.2, -0.15) is 0 Å². The summed E-state index contributed by atoms with van der Waals surface area (Å²) in [5.74, 6) is 1.59. The fraction of sp³-hybridized carbons (Fsp3) is 0.318. The first-order valence-corrected chi connectivity index (χ1v) is 10.7. The molecule has 1 fully saturated rings. The zero-order valence-electron chi connectivity index (χ0n) is 16.4. The highest BCUT2D eigenvalue weighted by Gasteiger charge is 2.23. The maximum atomic E-state index is 12.4. The number of ether oxygens (including phenoxy) is 1. The van der Waals surface area contributed by atoms with E-state index in [4.69, 9.17) is 4.74 Å². The zero-order chi connectivity index (χ0) is 20.1. The molecule has 1 aromatic carbocycles. The van der Waals surface area contributed by atoms with Crippen molar-refractivity contribution in [1.82, 2.24) is 20.2 Å². The molecule has 7 heteroatoms. The number of para-hydroxylation sites is 1. The van der Waals surface area contributed by atoms with E-state index in [9.17, 15) is 4.79 Å². The summed E-state index contributed by atoms with van der Waals surface area (Å²) < 4.78 is 6.03. The van der Waals surface area contributed by atoms with Crippen LogP contribution in [0.3, 0.4) is 0 Å². The predicted octanol–water partition coefficient (Wildman–Crippen LogP) is 4.03. The number of nitrogens with zero attached hydrogens (tertiary/aromatic N) is 3. The van der Waals surface area contributed by atoms with E-state index in [1.54, 1.807) is 17.9 Å². The number of rotatable bonds is 6. The summed E-state index contributed by atoms with van der Waals surface area (Å²) in [4.78, 5) is 23.8. The number of likely N-dealkylation sites (tertiary alicyclic amines) is 1. The Bertz CT molecular complexity index is 952. The lowest BCUT2D eigenvalue weighted by molar-refractivity contribution is 0.0912. The molecule has 0 radical (unpaired) electrons. The fourth-order valence-electron chi connectivity index (χ4n) is 3.52. The van der Waals surface area contributed by atoms with Gasteiger partial charge in [0.1, 0.15) is 16.4 Å². The molecule has 1 N–H and O–H groups in total. The van der Waals surface area contributed by atoms with E-state index < -0.39 is 0 Å². The fourth-order valence-corrected chi connectivity index (χ4v) is 4.22. The first-order valence-electron chi connectivity index (χ1n) is 9.78. The Labute approximate surface area is 174 Å². The maximum Gasteiger partial charge on any atom is 0.263 e. The number of carbonyl (C=O) groups is 1. The van der Waals surface area contributed by atoms with Gasteiger partial charge in [-0.25, -0.2) is 4.98 Å². The van der Waals surface area contributed by atoms with E-state index in [1.807, 2.05) is 37.3 Å². The van der Waals surface area contributed by atoms with Crippen LogP contribution < -0.4 is 10.1 Å². The van der Waals surface area contributed by atoms with Crippen LogP contribution in [-0.2, 0) is 6.54 Å². The Balaban J connectivity index is 1.32. The lowest BCUT2D eigenvalue weighted by Crippen LogP contribution is -2.44. The average molecular weight is 409 g/mol. The molecular weight excluding hydrogens is 384 g/mol. The Kier molecular flexibility index (Phi) is 6.17. The van der Waals surface area contributed by atoms with Gasteiger partial charge in [0.15, 0.2) is 0 Å². The summed E-state index contributed by atoms with van der Waals surface area (Å²) in [6.45, 7) is 4.58. The van der Waals surface area contributed by atoms with Crippen LogP contribution in [0, 0.1) is 6.92 Å². The molecule has 0 saturated carbocycles. The van der Waals surface area contributed by atoms with Crippen LogP contribution in [0.1, 0.15) is 33.8 Å². The Morgan fingerprint density at radius 3 is 2.79 bits per heavy atom. The number of thiazole rings is 1. The van der Waals surface area contributed by atoms with Crippen LogP contribution >= 0.6 is 11.3 Å². The molecule has 0 spiro atoms. The smallest absolute Gasteiger partial charge is 0.263 e. The number of aromatic nitrogens is 2. The highest BCUT2D eigenvalue weighted by molar-refractivity contribution is 7.11. The molecule has 6 nitrogen and oxygen atoms in total. The van der Waals surface area contributed by atoms with Crippen LogP contribution in [0.5, 0.6) is 11.5 Å². The van der Waals surface area contributed by atoms with Crippen LogP contribution in [0.2, 0.25) is 0 Å². The van der Waals surface area contributed by atoms with E-state index >= 15 is 0 Å². The molecule has 0 unspecified atom stereocenters. The van der Waals surface area contributed by atoms with Gasteiger partial charge in [-0.1, -0.05) is 18.2 Å². The summed E-state index contributed by atoms with van der Waals surface area (Å²) in [6, 6.07) is 12.1. The minimum atomic E-state index is -0.00124. The summed E-state index contributed by atoms with van der Waals surface area (Å²) >= 11 is 1.40. The van der Waals surface area contributed by atoms with Crippen molar-refractivity contribution in [1.29, 1.82) is 0 Å². The minimum Gasteiger partial charge on any atom is -0.455 e. The number of aryl methyl sites for hydroxylation is 1. The van der Waals surface area contributed by atoms with Gasteiger partial charge in [0, 0.05) is 37.4 Å². The molecule has 0 bridgehead atoms. The third kappa shape index (κ3) is 4.99. The van der Waals surface area contributed by atoms with Gasteiger partial charge in [0.05, 0.1) is 17.4 Å². The molecule has 1 saturated heterocycles. The summed E-state index contributed by atoms with van der Waals surface area (Å²) in [5.41, 5.74) is 3.67. The quantitative estimate of drug-likeness (QED) is 0.667. The highest BCUT2D eigenvalue weighted by Crippen LogP contribution is 2.26. The monoisotopic (exact) mass is 408 g/mol. The van der Waals surface area contributed by atoms with Crippen LogP contribution in [0.4, 0.5) is 0 Å².